The fraction of sp³-hybridized carbons (Fsp3) is 0. The van der Waals surface area contributed by atoms with Crippen LogP contribution in [0.3, 0.4) is 0 Å². The Balaban J connectivity index is 2.08. The largest absolute Gasteiger partial charge is 0.0622 e. The molecule has 0 unspecified atom stereocenters. The highest BCUT2D eigenvalue weighted by molar-refractivity contribution is 9.10. The van der Waals surface area contributed by atoms with Crippen molar-refractivity contribution in [1.29, 1.82) is 0 Å². The lowest BCUT2D eigenvalue weighted by Crippen LogP contribution is -1.92. The standard InChI is InChI=1S/C26H16Br2/c27-19-11-13-21-22-14-12-20(28)16-24(22)26(18-9-5-2-6-10-18)25(23(21)15-19)17-7-3-1-4-8-17/h1-16H. The summed E-state index contributed by atoms with van der Waals surface area (Å²) in [6, 6.07) is 34.6. The molecule has 0 aromatic heterocycles. The van der Waals surface area contributed by atoms with Gasteiger partial charge in [0.15, 0.2) is 0 Å². The van der Waals surface area contributed by atoms with Crippen molar-refractivity contribution in [2.45, 2.75) is 0 Å². The van der Waals surface area contributed by atoms with Crippen molar-refractivity contribution in [2.24, 2.45) is 0 Å². The second-order valence-electron chi connectivity index (χ2n) is 6.86. The molecule has 0 amide bonds. The van der Waals surface area contributed by atoms with Gasteiger partial charge in [0.2, 0.25) is 0 Å². The highest BCUT2D eigenvalue weighted by Crippen LogP contribution is 2.45. The van der Waals surface area contributed by atoms with Gasteiger partial charge in [-0.3, -0.25) is 0 Å². The van der Waals surface area contributed by atoms with Crippen LogP contribution in [-0.2, 0) is 0 Å². The van der Waals surface area contributed by atoms with Gasteiger partial charge < -0.3 is 0 Å². The third-order valence-electron chi connectivity index (χ3n) is 5.17. The SMILES string of the molecule is Brc1ccc2c(c1)c(-c1ccccc1)c(-c1ccccc1)c1cc(Br)ccc12. The van der Waals surface area contributed by atoms with Crippen molar-refractivity contribution in [1.82, 2.24) is 0 Å². The van der Waals surface area contributed by atoms with Crippen molar-refractivity contribution in [2.75, 3.05) is 0 Å². The molecule has 0 spiro atoms. The Morgan fingerprint density at radius 3 is 1.18 bits per heavy atom. The molecule has 0 saturated heterocycles. The van der Waals surface area contributed by atoms with E-state index in [1.165, 1.54) is 43.8 Å². The van der Waals surface area contributed by atoms with Gasteiger partial charge in [0.1, 0.15) is 0 Å². The van der Waals surface area contributed by atoms with Gasteiger partial charge in [-0.25, -0.2) is 0 Å². The molecule has 134 valence electrons. The molecule has 0 aliphatic heterocycles. The van der Waals surface area contributed by atoms with Crippen LogP contribution in [0.15, 0.2) is 106 Å². The summed E-state index contributed by atoms with van der Waals surface area (Å²) >= 11 is 7.38. The number of fused-ring (bicyclic) bond motifs is 3. The smallest absolute Gasteiger partial charge is 0.0181 e. The van der Waals surface area contributed by atoms with Crippen LogP contribution in [0, 0.1) is 0 Å². The minimum absolute atomic E-state index is 1.09. The average Bonchev–Trinajstić information content (AvgIpc) is 2.73. The number of hydrogen-bond acceptors (Lipinski definition) is 0. The topological polar surface area (TPSA) is 0 Å². The van der Waals surface area contributed by atoms with Gasteiger partial charge in [0.05, 0.1) is 0 Å². The van der Waals surface area contributed by atoms with Crippen molar-refractivity contribution < 1.29 is 0 Å². The van der Waals surface area contributed by atoms with Gasteiger partial charge in [0, 0.05) is 8.95 Å². The minimum atomic E-state index is 1.09. The van der Waals surface area contributed by atoms with E-state index in [1.54, 1.807) is 0 Å². The van der Waals surface area contributed by atoms with Crippen LogP contribution < -0.4 is 0 Å². The monoisotopic (exact) mass is 486 g/mol. The minimum Gasteiger partial charge on any atom is -0.0622 e. The lowest BCUT2D eigenvalue weighted by molar-refractivity contribution is 1.62. The Morgan fingerprint density at radius 2 is 0.786 bits per heavy atom. The molecule has 0 aliphatic rings. The molecule has 28 heavy (non-hydrogen) atoms. The van der Waals surface area contributed by atoms with Crippen LogP contribution in [0.2, 0.25) is 0 Å². The summed E-state index contributed by atoms with van der Waals surface area (Å²) in [6.07, 6.45) is 0. The molecule has 0 heterocycles. The van der Waals surface area contributed by atoms with Crippen LogP contribution >= 0.6 is 31.9 Å². The molecule has 2 heteroatoms. The van der Waals surface area contributed by atoms with E-state index in [-0.39, 0.29) is 0 Å². The van der Waals surface area contributed by atoms with E-state index < -0.39 is 0 Å². The van der Waals surface area contributed by atoms with E-state index in [4.69, 9.17) is 0 Å². The molecule has 0 aliphatic carbocycles. The second-order valence-corrected chi connectivity index (χ2v) is 8.69. The molecule has 0 N–H and O–H groups in total. The van der Waals surface area contributed by atoms with Crippen LogP contribution in [0.5, 0.6) is 0 Å². The quantitative estimate of drug-likeness (QED) is 0.218. The van der Waals surface area contributed by atoms with Gasteiger partial charge >= 0.3 is 0 Å². The van der Waals surface area contributed by atoms with Gasteiger partial charge in [0.25, 0.3) is 0 Å². The Labute approximate surface area is 181 Å². The number of halogens is 2. The summed E-state index contributed by atoms with van der Waals surface area (Å²) in [5, 5.41) is 5.05. The molecule has 0 nitrogen and oxygen atoms in total. The van der Waals surface area contributed by atoms with Crippen molar-refractivity contribution in [3.05, 3.63) is 106 Å². The summed E-state index contributed by atoms with van der Waals surface area (Å²) in [4.78, 5) is 0. The molecule has 5 aromatic carbocycles. The first-order valence-corrected chi connectivity index (χ1v) is 10.8. The normalized spacial score (nSPS) is 11.2. The lowest BCUT2D eigenvalue weighted by Gasteiger charge is -2.19. The summed E-state index contributed by atoms with van der Waals surface area (Å²) in [7, 11) is 0. The van der Waals surface area contributed by atoms with Gasteiger partial charge in [-0.15, -0.1) is 0 Å². The van der Waals surface area contributed by atoms with Gasteiger partial charge in [-0.1, -0.05) is 105 Å². The molecule has 0 atom stereocenters. The van der Waals surface area contributed by atoms with E-state index in [9.17, 15) is 0 Å². The molecule has 0 radical (unpaired) electrons. The van der Waals surface area contributed by atoms with Gasteiger partial charge in [-0.05, 0) is 68.1 Å². The maximum atomic E-state index is 3.69. The summed E-state index contributed by atoms with van der Waals surface area (Å²) in [5.41, 5.74) is 5.00. The Hall–Kier alpha value is -2.42. The summed E-state index contributed by atoms with van der Waals surface area (Å²) in [6.45, 7) is 0. The van der Waals surface area contributed by atoms with Gasteiger partial charge in [-0.2, -0.15) is 0 Å². The van der Waals surface area contributed by atoms with E-state index in [0.29, 0.717) is 0 Å². The van der Waals surface area contributed by atoms with Crippen LogP contribution in [0.1, 0.15) is 0 Å². The van der Waals surface area contributed by atoms with Crippen LogP contribution in [-0.4, -0.2) is 0 Å². The Morgan fingerprint density at radius 1 is 0.393 bits per heavy atom. The van der Waals surface area contributed by atoms with Crippen molar-refractivity contribution in [3.8, 4) is 22.3 Å². The first-order chi connectivity index (χ1) is 13.7. The zero-order chi connectivity index (χ0) is 19.1. The maximum absolute atomic E-state index is 3.69. The average molecular weight is 488 g/mol. The van der Waals surface area contributed by atoms with E-state index in [2.05, 4.69) is 129 Å². The lowest BCUT2D eigenvalue weighted by atomic mass is 9.85. The zero-order valence-corrected chi connectivity index (χ0v) is 18.2. The maximum Gasteiger partial charge on any atom is 0.0181 e. The van der Waals surface area contributed by atoms with E-state index in [0.717, 1.165) is 8.95 Å². The van der Waals surface area contributed by atoms with Crippen molar-refractivity contribution >= 4 is 53.4 Å². The number of rotatable bonds is 2. The second kappa shape index (κ2) is 7.20. The molecule has 5 aromatic rings. The Bertz CT molecular complexity index is 1200. The number of hydrogen-bond donors (Lipinski definition) is 0. The van der Waals surface area contributed by atoms with E-state index in [1.807, 2.05) is 0 Å². The number of benzene rings is 5. The third-order valence-corrected chi connectivity index (χ3v) is 6.15. The predicted molar refractivity (Wildman–Crippen MR) is 128 cm³/mol. The highest BCUT2D eigenvalue weighted by atomic mass is 79.9. The fourth-order valence-electron chi connectivity index (χ4n) is 4.00. The first kappa shape index (κ1) is 17.7. The molecule has 0 bridgehead atoms. The predicted octanol–water partition coefficient (Wildman–Crippen LogP) is 8.85. The molecular weight excluding hydrogens is 472 g/mol. The van der Waals surface area contributed by atoms with Crippen LogP contribution in [0.25, 0.3) is 43.8 Å². The van der Waals surface area contributed by atoms with E-state index >= 15 is 0 Å². The van der Waals surface area contributed by atoms with Crippen LogP contribution in [0.4, 0.5) is 0 Å². The molecule has 5 rings (SSSR count). The molecular formula is C26H16Br2. The molecule has 0 fully saturated rings. The first-order valence-electron chi connectivity index (χ1n) is 9.18. The summed E-state index contributed by atoms with van der Waals surface area (Å²) < 4.78 is 2.18. The Kier molecular flexibility index (Phi) is 4.54. The third kappa shape index (κ3) is 2.97. The molecule has 0 saturated carbocycles. The fourth-order valence-corrected chi connectivity index (χ4v) is 4.72. The highest BCUT2D eigenvalue weighted by Gasteiger charge is 2.17. The summed E-state index contributed by atoms with van der Waals surface area (Å²) in [5.74, 6) is 0. The zero-order valence-electron chi connectivity index (χ0n) is 15.0. The van der Waals surface area contributed by atoms with Crippen molar-refractivity contribution in [3.63, 3.8) is 0 Å².